The van der Waals surface area contributed by atoms with Gasteiger partial charge in [0.1, 0.15) is 16.8 Å². The van der Waals surface area contributed by atoms with Crippen LogP contribution in [-0.4, -0.2) is 24.8 Å². The minimum Gasteiger partial charge on any atom is -0.466 e. The van der Waals surface area contributed by atoms with Crippen LogP contribution < -0.4 is 16.0 Å². The number of hydrogen-bond acceptors (Lipinski definition) is 6. The van der Waals surface area contributed by atoms with Gasteiger partial charge in [-0.1, -0.05) is 29.3 Å². The molecule has 168 valence electrons. The Morgan fingerprint density at radius 3 is 2.58 bits per heavy atom. The van der Waals surface area contributed by atoms with Gasteiger partial charge in [-0.3, -0.25) is 14.5 Å². The molecule has 33 heavy (non-hydrogen) atoms. The second-order valence-electron chi connectivity index (χ2n) is 8.42. The van der Waals surface area contributed by atoms with Gasteiger partial charge in [0, 0.05) is 39.7 Å². The number of ketones is 1. The number of allylic oxidation sites excluding steroid dienone is 1. The topological polar surface area (TPSA) is 102 Å². The number of fused-ring (bicyclic) bond motifs is 3. The Bertz CT molecular complexity index is 1300. The smallest absolute Gasteiger partial charge is 0.339 e. The molecule has 2 aromatic rings. The van der Waals surface area contributed by atoms with Crippen molar-refractivity contribution in [3.8, 4) is 0 Å². The normalized spacial score (nSPS) is 21.8. The van der Waals surface area contributed by atoms with Crippen molar-refractivity contribution in [3.05, 3.63) is 81.3 Å². The van der Waals surface area contributed by atoms with Gasteiger partial charge in [-0.15, -0.1) is 0 Å². The number of Topliss-reactive ketones (excluding diaryl/α,β-unsaturated/α-hetero) is 1. The standard InChI is InChI=1S/C25H22ClN3O4/c1-13-6-11-17-16(12-13)25(24(32)28-17)20-18(4-3-5-19(20)30)29(15-9-7-14(26)8-10-15)22(27)21(25)23(31)33-2/h6-12H,3-5,27H2,1-2H3,(H,28,32). The van der Waals surface area contributed by atoms with Gasteiger partial charge in [-0.25, -0.2) is 4.79 Å². The number of aryl methyl sites for hydroxylation is 1. The number of benzene rings is 2. The maximum atomic E-state index is 13.8. The van der Waals surface area contributed by atoms with Crippen molar-refractivity contribution >= 4 is 40.6 Å². The maximum Gasteiger partial charge on any atom is 0.339 e. The zero-order valence-electron chi connectivity index (χ0n) is 18.2. The minimum atomic E-state index is -1.67. The van der Waals surface area contributed by atoms with Gasteiger partial charge in [0.15, 0.2) is 5.78 Å². The number of ether oxygens (including phenoxy) is 1. The zero-order valence-corrected chi connectivity index (χ0v) is 19.0. The first-order valence-corrected chi connectivity index (χ1v) is 11.0. The van der Waals surface area contributed by atoms with Crippen molar-refractivity contribution in [2.45, 2.75) is 31.6 Å². The molecular formula is C25H22ClN3O4. The molecule has 2 heterocycles. The van der Waals surface area contributed by atoms with Crippen molar-refractivity contribution in [1.29, 1.82) is 0 Å². The number of amides is 1. The number of hydrogen-bond donors (Lipinski definition) is 2. The fraction of sp³-hybridized carbons (Fsp3) is 0.240. The van der Waals surface area contributed by atoms with E-state index in [4.69, 9.17) is 22.1 Å². The highest BCUT2D eigenvalue weighted by atomic mass is 35.5. The average molecular weight is 464 g/mol. The van der Waals surface area contributed by atoms with E-state index in [9.17, 15) is 14.4 Å². The van der Waals surface area contributed by atoms with Gasteiger partial charge in [0.05, 0.1) is 7.11 Å². The first-order valence-electron chi connectivity index (χ1n) is 10.6. The van der Waals surface area contributed by atoms with E-state index in [1.54, 1.807) is 35.2 Å². The molecule has 1 amide bonds. The van der Waals surface area contributed by atoms with Crippen molar-refractivity contribution in [2.75, 3.05) is 17.3 Å². The summed E-state index contributed by atoms with van der Waals surface area (Å²) in [7, 11) is 1.24. The molecule has 2 aromatic carbocycles. The Balaban J connectivity index is 1.91. The summed E-state index contributed by atoms with van der Waals surface area (Å²) >= 11 is 6.08. The molecule has 0 fully saturated rings. The number of carbonyl (C=O) groups is 3. The Morgan fingerprint density at radius 1 is 1.15 bits per heavy atom. The van der Waals surface area contributed by atoms with Gasteiger partial charge in [0.2, 0.25) is 5.91 Å². The van der Waals surface area contributed by atoms with Crippen molar-refractivity contribution in [2.24, 2.45) is 5.73 Å². The van der Waals surface area contributed by atoms with Gasteiger partial charge >= 0.3 is 5.97 Å². The Labute approximate surface area is 195 Å². The number of anilines is 2. The fourth-order valence-corrected chi connectivity index (χ4v) is 5.33. The number of halogens is 1. The summed E-state index contributed by atoms with van der Waals surface area (Å²) in [6.45, 7) is 1.89. The van der Waals surface area contributed by atoms with Crippen LogP contribution in [0.15, 0.2) is 65.1 Å². The predicted molar refractivity (Wildman–Crippen MR) is 125 cm³/mol. The third-order valence-electron chi connectivity index (χ3n) is 6.54. The van der Waals surface area contributed by atoms with Crippen LogP contribution in [0.2, 0.25) is 5.02 Å². The second kappa shape index (κ2) is 7.49. The van der Waals surface area contributed by atoms with E-state index in [0.29, 0.717) is 40.5 Å². The summed E-state index contributed by atoms with van der Waals surface area (Å²) in [5, 5.41) is 3.41. The number of nitrogens with zero attached hydrogens (tertiary/aromatic N) is 1. The van der Waals surface area contributed by atoms with Crippen LogP contribution >= 0.6 is 11.6 Å². The molecule has 5 rings (SSSR count). The highest BCUT2D eigenvalue weighted by Gasteiger charge is 2.61. The molecule has 0 bridgehead atoms. The van der Waals surface area contributed by atoms with Crippen LogP contribution in [0.1, 0.15) is 30.4 Å². The monoisotopic (exact) mass is 463 g/mol. The van der Waals surface area contributed by atoms with Crippen molar-refractivity contribution < 1.29 is 19.1 Å². The molecule has 0 aromatic heterocycles. The van der Waals surface area contributed by atoms with E-state index in [-0.39, 0.29) is 29.2 Å². The lowest BCUT2D eigenvalue weighted by Crippen LogP contribution is -2.53. The average Bonchev–Trinajstić information content (AvgIpc) is 3.06. The summed E-state index contributed by atoms with van der Waals surface area (Å²) < 4.78 is 5.12. The highest BCUT2D eigenvalue weighted by molar-refractivity contribution is 6.30. The molecule has 2 aliphatic heterocycles. The lowest BCUT2D eigenvalue weighted by Gasteiger charge is -2.44. The number of nitrogens with one attached hydrogen (secondary N) is 1. The fourth-order valence-electron chi connectivity index (χ4n) is 5.21. The van der Waals surface area contributed by atoms with Crippen LogP contribution in [0.3, 0.4) is 0 Å². The molecule has 8 heteroatoms. The third kappa shape index (κ3) is 2.85. The van der Waals surface area contributed by atoms with Gasteiger partial charge in [-0.05, 0) is 50.1 Å². The van der Waals surface area contributed by atoms with Crippen molar-refractivity contribution in [3.63, 3.8) is 0 Å². The molecule has 3 aliphatic rings. The van der Waals surface area contributed by atoms with Crippen LogP contribution in [-0.2, 0) is 24.5 Å². The SMILES string of the molecule is COC(=O)C1=C(N)N(c2ccc(Cl)cc2)C2=C(C(=O)CCC2)C12C(=O)Nc1ccc(C)cc12. The Hall–Kier alpha value is -3.58. The van der Waals surface area contributed by atoms with E-state index in [1.807, 2.05) is 19.1 Å². The van der Waals surface area contributed by atoms with Gasteiger partial charge in [0.25, 0.3) is 0 Å². The van der Waals surface area contributed by atoms with Crippen molar-refractivity contribution in [1.82, 2.24) is 0 Å². The largest absolute Gasteiger partial charge is 0.466 e. The summed E-state index contributed by atoms with van der Waals surface area (Å²) in [5.74, 6) is -1.37. The maximum absolute atomic E-state index is 13.8. The van der Waals surface area contributed by atoms with Crippen LogP contribution in [0, 0.1) is 6.92 Å². The highest BCUT2D eigenvalue weighted by Crippen LogP contribution is 2.55. The second-order valence-corrected chi connectivity index (χ2v) is 8.85. The molecule has 1 spiro atoms. The number of rotatable bonds is 2. The van der Waals surface area contributed by atoms with E-state index >= 15 is 0 Å². The summed E-state index contributed by atoms with van der Waals surface area (Å²) in [5.41, 5.74) is 8.45. The molecule has 3 N–H and O–H groups in total. The molecule has 1 atom stereocenters. The summed E-state index contributed by atoms with van der Waals surface area (Å²) in [4.78, 5) is 42.2. The first-order chi connectivity index (χ1) is 15.8. The summed E-state index contributed by atoms with van der Waals surface area (Å²) in [6.07, 6.45) is 1.41. The number of methoxy groups -OCH3 is 1. The van der Waals surface area contributed by atoms with E-state index in [0.717, 1.165) is 5.56 Å². The van der Waals surface area contributed by atoms with E-state index < -0.39 is 17.3 Å². The molecule has 0 radical (unpaired) electrons. The van der Waals surface area contributed by atoms with Gasteiger partial charge < -0.3 is 15.8 Å². The van der Waals surface area contributed by atoms with Crippen LogP contribution in [0.25, 0.3) is 0 Å². The molecule has 7 nitrogen and oxygen atoms in total. The van der Waals surface area contributed by atoms with E-state index in [1.165, 1.54) is 7.11 Å². The zero-order chi connectivity index (χ0) is 23.5. The molecule has 1 aliphatic carbocycles. The minimum absolute atomic E-state index is 0.0575. The lowest BCUT2D eigenvalue weighted by atomic mass is 9.63. The van der Waals surface area contributed by atoms with Crippen LogP contribution in [0.4, 0.5) is 11.4 Å². The van der Waals surface area contributed by atoms with E-state index in [2.05, 4.69) is 5.32 Å². The molecule has 0 saturated heterocycles. The lowest BCUT2D eigenvalue weighted by molar-refractivity contribution is -0.138. The molecule has 0 saturated carbocycles. The quantitative estimate of drug-likeness (QED) is 0.658. The first kappa shape index (κ1) is 21.3. The Morgan fingerprint density at radius 2 is 1.88 bits per heavy atom. The predicted octanol–water partition coefficient (Wildman–Crippen LogP) is 3.71. The number of esters is 1. The third-order valence-corrected chi connectivity index (χ3v) is 6.80. The van der Waals surface area contributed by atoms with Crippen LogP contribution in [0.5, 0.6) is 0 Å². The Kier molecular flexibility index (Phi) is 4.83. The number of carbonyl (C=O) groups excluding carboxylic acids is 3. The summed E-state index contributed by atoms with van der Waals surface area (Å²) in [6, 6.07) is 12.4. The molecular weight excluding hydrogens is 442 g/mol. The number of nitrogens with two attached hydrogens (primary N) is 1. The van der Waals surface area contributed by atoms with Gasteiger partial charge in [-0.2, -0.15) is 0 Å². The molecule has 1 unspecified atom stereocenters.